The zero-order valence-corrected chi connectivity index (χ0v) is 9.50. The molecule has 0 aliphatic carbocycles. The lowest BCUT2D eigenvalue weighted by atomic mass is 10.2. The molecule has 0 unspecified atom stereocenters. The number of halogens is 1. The van der Waals surface area contributed by atoms with Crippen molar-refractivity contribution in [2.24, 2.45) is 5.84 Å². The van der Waals surface area contributed by atoms with Crippen molar-refractivity contribution in [3.05, 3.63) is 28.2 Å². The van der Waals surface area contributed by atoms with Gasteiger partial charge in [0.05, 0.1) is 0 Å². The van der Waals surface area contributed by atoms with Crippen LogP contribution in [-0.4, -0.2) is 5.11 Å². The van der Waals surface area contributed by atoms with E-state index in [4.69, 9.17) is 18.1 Å². The van der Waals surface area contributed by atoms with Gasteiger partial charge in [0.25, 0.3) is 0 Å². The maximum atomic E-state index is 5.12. The summed E-state index contributed by atoms with van der Waals surface area (Å²) in [6.07, 6.45) is 0. The Labute approximate surface area is 90.8 Å². The van der Waals surface area contributed by atoms with Gasteiger partial charge < -0.3 is 10.7 Å². The summed E-state index contributed by atoms with van der Waals surface area (Å²) >= 11 is 8.27. The Morgan fingerprint density at radius 3 is 2.77 bits per heavy atom. The second-order valence-electron chi connectivity index (χ2n) is 2.56. The highest BCUT2D eigenvalue weighted by Crippen LogP contribution is 2.20. The van der Waals surface area contributed by atoms with E-state index >= 15 is 0 Å². The smallest absolute Gasteiger partial charge is 0.185 e. The second-order valence-corrected chi connectivity index (χ2v) is 3.83. The van der Waals surface area contributed by atoms with Gasteiger partial charge >= 0.3 is 0 Å². The maximum absolute atomic E-state index is 5.12. The van der Waals surface area contributed by atoms with Crippen molar-refractivity contribution in [2.75, 3.05) is 5.32 Å². The van der Waals surface area contributed by atoms with Crippen LogP contribution in [0.1, 0.15) is 5.56 Å². The summed E-state index contributed by atoms with van der Waals surface area (Å²) in [5.41, 5.74) is 4.43. The van der Waals surface area contributed by atoms with Crippen LogP contribution in [0.15, 0.2) is 22.7 Å². The van der Waals surface area contributed by atoms with Gasteiger partial charge in [-0.15, -0.1) is 0 Å². The quantitative estimate of drug-likeness (QED) is 0.410. The first-order valence-electron chi connectivity index (χ1n) is 3.67. The van der Waals surface area contributed by atoms with Gasteiger partial charge in [-0.2, -0.15) is 0 Å². The molecule has 0 atom stereocenters. The Kier molecular flexibility index (Phi) is 3.65. The molecule has 0 aliphatic rings. The molecular formula is C8H10BrN3S. The number of nitrogens with two attached hydrogens (primary N) is 1. The number of hydrazine groups is 1. The van der Waals surface area contributed by atoms with E-state index in [2.05, 4.69) is 26.7 Å². The van der Waals surface area contributed by atoms with Crippen molar-refractivity contribution in [3.63, 3.8) is 0 Å². The molecule has 0 bridgehead atoms. The summed E-state index contributed by atoms with van der Waals surface area (Å²) < 4.78 is 1.04. The molecule has 0 heterocycles. The van der Waals surface area contributed by atoms with Crippen molar-refractivity contribution in [1.82, 2.24) is 5.43 Å². The fourth-order valence-electron chi connectivity index (χ4n) is 0.838. The van der Waals surface area contributed by atoms with E-state index in [9.17, 15) is 0 Å². The first-order valence-corrected chi connectivity index (χ1v) is 4.87. The lowest BCUT2D eigenvalue weighted by molar-refractivity contribution is 1.04. The molecule has 0 radical (unpaired) electrons. The lowest BCUT2D eigenvalue weighted by Gasteiger charge is -2.07. The predicted molar refractivity (Wildman–Crippen MR) is 62.4 cm³/mol. The number of hydrogen-bond donors (Lipinski definition) is 3. The second kappa shape index (κ2) is 4.55. The molecule has 4 N–H and O–H groups in total. The molecular weight excluding hydrogens is 250 g/mol. The van der Waals surface area contributed by atoms with Crippen molar-refractivity contribution >= 4 is 38.9 Å². The molecule has 0 amide bonds. The van der Waals surface area contributed by atoms with Crippen molar-refractivity contribution in [3.8, 4) is 0 Å². The molecule has 70 valence electrons. The van der Waals surface area contributed by atoms with Crippen LogP contribution in [0.25, 0.3) is 0 Å². The van der Waals surface area contributed by atoms with Crippen LogP contribution in [-0.2, 0) is 0 Å². The number of aryl methyl sites for hydroxylation is 1. The molecule has 1 aromatic rings. The van der Waals surface area contributed by atoms with E-state index in [0.717, 1.165) is 10.2 Å². The summed E-state index contributed by atoms with van der Waals surface area (Å²) in [6.45, 7) is 2.02. The molecule has 0 aliphatic heterocycles. The van der Waals surface area contributed by atoms with Gasteiger partial charge in [-0.1, -0.05) is 22.0 Å². The van der Waals surface area contributed by atoms with Gasteiger partial charge in [0.15, 0.2) is 5.11 Å². The summed E-state index contributed by atoms with van der Waals surface area (Å²) in [4.78, 5) is 0. The van der Waals surface area contributed by atoms with Gasteiger partial charge in [0.1, 0.15) is 0 Å². The number of nitrogens with one attached hydrogen (secondary N) is 2. The van der Waals surface area contributed by atoms with Crippen LogP contribution in [0, 0.1) is 6.92 Å². The Morgan fingerprint density at radius 1 is 1.54 bits per heavy atom. The number of hydrogen-bond acceptors (Lipinski definition) is 2. The topological polar surface area (TPSA) is 50.1 Å². The Bertz CT molecular complexity index is 327. The molecule has 13 heavy (non-hydrogen) atoms. The van der Waals surface area contributed by atoms with Crippen LogP contribution < -0.4 is 16.6 Å². The van der Waals surface area contributed by atoms with Gasteiger partial charge in [0, 0.05) is 10.2 Å². The first kappa shape index (κ1) is 10.4. The van der Waals surface area contributed by atoms with Gasteiger partial charge in [-0.3, -0.25) is 0 Å². The van der Waals surface area contributed by atoms with Gasteiger partial charge in [0.2, 0.25) is 0 Å². The van der Waals surface area contributed by atoms with Crippen molar-refractivity contribution < 1.29 is 0 Å². The van der Waals surface area contributed by atoms with Crippen LogP contribution in [0.5, 0.6) is 0 Å². The van der Waals surface area contributed by atoms with Crippen LogP contribution in [0.3, 0.4) is 0 Å². The van der Waals surface area contributed by atoms with Crippen LogP contribution >= 0.6 is 28.1 Å². The van der Waals surface area contributed by atoms with E-state index in [1.54, 1.807) is 0 Å². The number of anilines is 1. The molecule has 0 spiro atoms. The van der Waals surface area contributed by atoms with Crippen molar-refractivity contribution in [1.29, 1.82) is 0 Å². The number of thiocarbonyl (C=S) groups is 1. The minimum atomic E-state index is 0.399. The normalized spacial score (nSPS) is 9.46. The van der Waals surface area contributed by atoms with Gasteiger partial charge in [-0.25, -0.2) is 5.84 Å². The van der Waals surface area contributed by atoms with Crippen LogP contribution in [0.4, 0.5) is 5.69 Å². The Balaban J connectivity index is 2.79. The van der Waals surface area contributed by atoms with E-state index in [1.807, 2.05) is 25.1 Å². The SMILES string of the molecule is Cc1ccc(NC(=S)NN)cc1Br. The van der Waals surface area contributed by atoms with Crippen LogP contribution in [0.2, 0.25) is 0 Å². The molecule has 0 aromatic heterocycles. The lowest BCUT2D eigenvalue weighted by Crippen LogP contribution is -2.34. The minimum Gasteiger partial charge on any atom is -0.332 e. The maximum Gasteiger partial charge on any atom is 0.185 e. The molecule has 1 aromatic carbocycles. The molecule has 0 fully saturated rings. The average molecular weight is 260 g/mol. The summed E-state index contributed by atoms with van der Waals surface area (Å²) in [6, 6.07) is 5.87. The largest absolute Gasteiger partial charge is 0.332 e. The third kappa shape index (κ3) is 2.95. The van der Waals surface area contributed by atoms with E-state index in [1.165, 1.54) is 5.56 Å². The van der Waals surface area contributed by atoms with Gasteiger partial charge in [-0.05, 0) is 36.8 Å². The summed E-state index contributed by atoms with van der Waals surface area (Å²) in [5, 5.41) is 3.32. The standard InChI is InChI=1S/C8H10BrN3S/c1-5-2-3-6(4-7(5)9)11-8(13)12-10/h2-4H,10H2,1H3,(H2,11,12,13). The third-order valence-corrected chi connectivity index (χ3v) is 2.64. The fraction of sp³-hybridized carbons (Fsp3) is 0.125. The molecule has 5 heteroatoms. The zero-order valence-electron chi connectivity index (χ0n) is 7.10. The first-order chi connectivity index (χ1) is 6.13. The van der Waals surface area contributed by atoms with Crippen molar-refractivity contribution in [2.45, 2.75) is 6.92 Å². The molecule has 0 saturated heterocycles. The summed E-state index contributed by atoms with van der Waals surface area (Å²) in [5.74, 6) is 5.12. The Morgan fingerprint density at radius 2 is 2.23 bits per heavy atom. The monoisotopic (exact) mass is 259 g/mol. The minimum absolute atomic E-state index is 0.399. The average Bonchev–Trinajstić information content (AvgIpc) is 2.11. The van der Waals surface area contributed by atoms with E-state index in [-0.39, 0.29) is 0 Å². The third-order valence-electron chi connectivity index (χ3n) is 1.56. The highest BCUT2D eigenvalue weighted by Gasteiger charge is 1.98. The van der Waals surface area contributed by atoms with E-state index in [0.29, 0.717) is 5.11 Å². The highest BCUT2D eigenvalue weighted by molar-refractivity contribution is 9.10. The predicted octanol–water partition coefficient (Wildman–Crippen LogP) is 1.92. The summed E-state index contributed by atoms with van der Waals surface area (Å²) in [7, 11) is 0. The molecule has 0 saturated carbocycles. The molecule has 3 nitrogen and oxygen atoms in total. The molecule has 1 rings (SSSR count). The number of benzene rings is 1. The van der Waals surface area contributed by atoms with E-state index < -0.39 is 0 Å². The highest BCUT2D eigenvalue weighted by atomic mass is 79.9. The fourth-order valence-corrected chi connectivity index (χ4v) is 1.33. The number of rotatable bonds is 1. The zero-order chi connectivity index (χ0) is 9.84. The Hall–Kier alpha value is -0.650.